The average molecular weight is 248 g/mol. The highest BCUT2D eigenvalue weighted by Crippen LogP contribution is 2.27. The van der Waals surface area contributed by atoms with Gasteiger partial charge in [0.2, 0.25) is 0 Å². The number of hydrogen-bond acceptors (Lipinski definition) is 3. The predicted molar refractivity (Wildman–Crippen MR) is 80.1 cm³/mol. The highest BCUT2D eigenvalue weighted by Gasteiger charge is 2.01. The molecule has 2 aromatic rings. The van der Waals surface area contributed by atoms with Crippen molar-refractivity contribution in [2.45, 2.75) is 18.7 Å². The van der Waals surface area contributed by atoms with Gasteiger partial charge in [-0.15, -0.1) is 12.6 Å². The minimum Gasteiger partial charge on any atom is -0.383 e. The molecule has 0 radical (unpaired) electrons. The molecule has 0 atom stereocenters. The van der Waals surface area contributed by atoms with Crippen molar-refractivity contribution in [2.24, 2.45) is 5.73 Å². The van der Waals surface area contributed by atoms with Gasteiger partial charge < -0.3 is 11.1 Å². The Morgan fingerprint density at radius 3 is 2.41 bits per heavy atom. The van der Waals surface area contributed by atoms with E-state index < -0.39 is 0 Å². The summed E-state index contributed by atoms with van der Waals surface area (Å²) in [6.45, 7) is 5.42. The lowest BCUT2D eigenvalue weighted by Crippen LogP contribution is -2.13. The molecule has 92 valence electrons. The molecule has 0 aliphatic rings. The summed E-state index contributed by atoms with van der Waals surface area (Å²) in [7, 11) is 0. The fourth-order valence-electron chi connectivity index (χ4n) is 1.65. The summed E-state index contributed by atoms with van der Waals surface area (Å²) in [5, 5.41) is 5.67. The Hall–Kier alpha value is -1.19. The van der Waals surface area contributed by atoms with Crippen LogP contribution < -0.4 is 11.1 Å². The molecule has 3 heteroatoms. The summed E-state index contributed by atoms with van der Waals surface area (Å²) in [6, 6.07) is 12.3. The third-order valence-electron chi connectivity index (χ3n) is 2.36. The Kier molecular flexibility index (Phi) is 5.87. The third kappa shape index (κ3) is 3.38. The van der Waals surface area contributed by atoms with Gasteiger partial charge in [0.25, 0.3) is 0 Å². The Bertz CT molecular complexity index is 469. The van der Waals surface area contributed by atoms with E-state index in [2.05, 4.69) is 36.1 Å². The van der Waals surface area contributed by atoms with Gasteiger partial charge in [0.1, 0.15) is 0 Å². The molecule has 0 unspecified atom stereocenters. The van der Waals surface area contributed by atoms with Crippen LogP contribution in [0, 0.1) is 0 Å². The van der Waals surface area contributed by atoms with Crippen molar-refractivity contribution < 1.29 is 0 Å². The SMILES string of the molecule is CC.NCCNc1cccc2c(S)cccc12. The molecule has 0 aromatic heterocycles. The van der Waals surface area contributed by atoms with Crippen molar-refractivity contribution in [1.82, 2.24) is 0 Å². The largest absolute Gasteiger partial charge is 0.383 e. The number of nitrogens with one attached hydrogen (secondary N) is 1. The summed E-state index contributed by atoms with van der Waals surface area (Å²) < 4.78 is 0. The molecule has 2 aromatic carbocycles. The van der Waals surface area contributed by atoms with Gasteiger partial charge in [0.15, 0.2) is 0 Å². The lowest BCUT2D eigenvalue weighted by atomic mass is 10.1. The van der Waals surface area contributed by atoms with E-state index >= 15 is 0 Å². The molecule has 0 bridgehead atoms. The van der Waals surface area contributed by atoms with Crippen LogP contribution >= 0.6 is 12.6 Å². The standard InChI is InChI=1S/C12H14N2S.C2H6/c13-7-8-14-11-5-1-4-10-9(11)3-2-6-12(10)15;1-2/h1-6,14-15H,7-8,13H2;1-2H3. The maximum atomic E-state index is 5.47. The molecule has 0 spiro atoms. The Balaban J connectivity index is 0.000000686. The van der Waals surface area contributed by atoms with Crippen LogP contribution in [0.5, 0.6) is 0 Å². The highest BCUT2D eigenvalue weighted by molar-refractivity contribution is 7.80. The monoisotopic (exact) mass is 248 g/mol. The molecule has 0 fully saturated rings. The summed E-state index contributed by atoms with van der Waals surface area (Å²) in [5.41, 5.74) is 6.59. The molecule has 0 saturated carbocycles. The number of thiol groups is 1. The van der Waals surface area contributed by atoms with Crippen LogP contribution in [0.1, 0.15) is 13.8 Å². The van der Waals surface area contributed by atoms with Crippen LogP contribution in [0.15, 0.2) is 41.3 Å². The first-order chi connectivity index (χ1) is 8.33. The van der Waals surface area contributed by atoms with Gasteiger partial charge in [-0.1, -0.05) is 38.1 Å². The zero-order chi connectivity index (χ0) is 12.7. The zero-order valence-corrected chi connectivity index (χ0v) is 11.3. The molecular formula is C14H20N2S. The van der Waals surface area contributed by atoms with Crippen LogP contribution in [0.25, 0.3) is 10.8 Å². The second kappa shape index (κ2) is 7.20. The predicted octanol–water partition coefficient (Wildman–Crippen LogP) is 3.53. The summed E-state index contributed by atoms with van der Waals surface area (Å²) >= 11 is 4.44. The Morgan fingerprint density at radius 2 is 1.71 bits per heavy atom. The van der Waals surface area contributed by atoms with E-state index in [1.807, 2.05) is 32.0 Å². The molecule has 0 heterocycles. The van der Waals surface area contributed by atoms with E-state index in [-0.39, 0.29) is 0 Å². The van der Waals surface area contributed by atoms with Crippen LogP contribution in [0.4, 0.5) is 5.69 Å². The number of hydrogen-bond donors (Lipinski definition) is 3. The lowest BCUT2D eigenvalue weighted by molar-refractivity contribution is 1.03. The summed E-state index contributed by atoms with van der Waals surface area (Å²) in [4.78, 5) is 1.00. The van der Waals surface area contributed by atoms with E-state index in [9.17, 15) is 0 Å². The van der Waals surface area contributed by atoms with E-state index in [1.165, 1.54) is 10.8 Å². The molecule has 0 aliphatic heterocycles. The van der Waals surface area contributed by atoms with Crippen LogP contribution in [0.3, 0.4) is 0 Å². The van der Waals surface area contributed by atoms with Gasteiger partial charge in [0.05, 0.1) is 0 Å². The highest BCUT2D eigenvalue weighted by atomic mass is 32.1. The molecule has 17 heavy (non-hydrogen) atoms. The van der Waals surface area contributed by atoms with Gasteiger partial charge in [-0.05, 0) is 17.5 Å². The first-order valence-electron chi connectivity index (χ1n) is 5.97. The molecule has 0 saturated heterocycles. The number of nitrogens with two attached hydrogens (primary N) is 1. The fraction of sp³-hybridized carbons (Fsp3) is 0.286. The molecule has 0 aliphatic carbocycles. The van der Waals surface area contributed by atoms with Crippen molar-refractivity contribution in [1.29, 1.82) is 0 Å². The van der Waals surface area contributed by atoms with E-state index in [0.29, 0.717) is 6.54 Å². The number of fused-ring (bicyclic) bond motifs is 1. The number of anilines is 1. The average Bonchev–Trinajstić information content (AvgIpc) is 2.39. The quantitative estimate of drug-likeness (QED) is 0.727. The van der Waals surface area contributed by atoms with Crippen molar-refractivity contribution in [3.8, 4) is 0 Å². The maximum Gasteiger partial charge on any atom is 0.0420 e. The fourth-order valence-corrected chi connectivity index (χ4v) is 1.94. The van der Waals surface area contributed by atoms with E-state index in [0.717, 1.165) is 17.1 Å². The second-order valence-corrected chi connectivity index (χ2v) is 3.88. The minimum absolute atomic E-state index is 0.636. The third-order valence-corrected chi connectivity index (χ3v) is 2.75. The number of rotatable bonds is 3. The van der Waals surface area contributed by atoms with E-state index in [4.69, 9.17) is 5.73 Å². The van der Waals surface area contributed by atoms with Crippen molar-refractivity contribution in [3.05, 3.63) is 36.4 Å². The smallest absolute Gasteiger partial charge is 0.0420 e. The van der Waals surface area contributed by atoms with Crippen molar-refractivity contribution in [3.63, 3.8) is 0 Å². The topological polar surface area (TPSA) is 38.0 Å². The van der Waals surface area contributed by atoms with Gasteiger partial charge in [-0.2, -0.15) is 0 Å². The van der Waals surface area contributed by atoms with Crippen molar-refractivity contribution in [2.75, 3.05) is 18.4 Å². The molecule has 3 N–H and O–H groups in total. The van der Waals surface area contributed by atoms with Crippen LogP contribution in [-0.4, -0.2) is 13.1 Å². The van der Waals surface area contributed by atoms with Crippen LogP contribution in [0.2, 0.25) is 0 Å². The Labute approximate surface area is 109 Å². The van der Waals surface area contributed by atoms with Gasteiger partial charge in [-0.25, -0.2) is 0 Å². The zero-order valence-electron chi connectivity index (χ0n) is 10.4. The Morgan fingerprint density at radius 1 is 1.06 bits per heavy atom. The molecule has 0 amide bonds. The van der Waals surface area contributed by atoms with E-state index in [1.54, 1.807) is 0 Å². The molecule has 2 nitrogen and oxygen atoms in total. The van der Waals surface area contributed by atoms with Crippen molar-refractivity contribution >= 4 is 29.1 Å². The van der Waals surface area contributed by atoms with Gasteiger partial charge >= 0.3 is 0 Å². The first kappa shape index (κ1) is 13.9. The summed E-state index contributed by atoms with van der Waals surface area (Å²) in [6.07, 6.45) is 0. The van der Waals surface area contributed by atoms with Gasteiger partial charge in [-0.3, -0.25) is 0 Å². The summed E-state index contributed by atoms with van der Waals surface area (Å²) in [5.74, 6) is 0. The first-order valence-corrected chi connectivity index (χ1v) is 6.42. The maximum absolute atomic E-state index is 5.47. The molecule has 2 rings (SSSR count). The second-order valence-electron chi connectivity index (χ2n) is 3.39. The lowest BCUT2D eigenvalue weighted by Gasteiger charge is -2.09. The number of benzene rings is 2. The normalized spacial score (nSPS) is 9.65. The van der Waals surface area contributed by atoms with Gasteiger partial charge in [0, 0.05) is 29.1 Å². The van der Waals surface area contributed by atoms with Crippen LogP contribution in [-0.2, 0) is 0 Å². The minimum atomic E-state index is 0.636. The molecular weight excluding hydrogens is 228 g/mol.